The maximum absolute atomic E-state index is 5.85. The Hall–Kier alpha value is -3.21. The van der Waals surface area contributed by atoms with Gasteiger partial charge in [0, 0.05) is 23.1 Å². The molecule has 1 aliphatic heterocycles. The lowest BCUT2D eigenvalue weighted by atomic mass is 9.94. The van der Waals surface area contributed by atoms with E-state index >= 15 is 0 Å². The molecule has 142 valence electrons. The summed E-state index contributed by atoms with van der Waals surface area (Å²) in [7, 11) is 3.30. The monoisotopic (exact) mass is 373 g/mol. The van der Waals surface area contributed by atoms with Gasteiger partial charge in [0.1, 0.15) is 0 Å². The Labute approximate surface area is 164 Å². The molecule has 3 aromatic rings. The van der Waals surface area contributed by atoms with Crippen LogP contribution in [-0.2, 0) is 12.8 Å². The summed E-state index contributed by atoms with van der Waals surface area (Å²) in [5.74, 6) is 7.29. The zero-order chi connectivity index (χ0) is 19.3. The molecular formula is C23H23N3O2. The SMILES string of the molecule is COc1ccc(C2CC(=NN)c3ccc4c5c(ccc(c35)N2)CC4)cc1OC. The smallest absolute Gasteiger partial charge is 0.161 e. The number of ether oxygens (including phenoxy) is 2. The molecule has 1 aliphatic carbocycles. The van der Waals surface area contributed by atoms with Crippen molar-refractivity contribution in [3.63, 3.8) is 0 Å². The predicted molar refractivity (Wildman–Crippen MR) is 113 cm³/mol. The van der Waals surface area contributed by atoms with Crippen LogP contribution in [0.25, 0.3) is 10.8 Å². The number of hydrazone groups is 1. The van der Waals surface area contributed by atoms with Gasteiger partial charge in [-0.2, -0.15) is 5.10 Å². The van der Waals surface area contributed by atoms with Crippen LogP contribution in [0.15, 0.2) is 47.6 Å². The van der Waals surface area contributed by atoms with Gasteiger partial charge < -0.3 is 20.6 Å². The van der Waals surface area contributed by atoms with Crippen molar-refractivity contribution >= 4 is 22.2 Å². The first-order valence-corrected chi connectivity index (χ1v) is 9.56. The van der Waals surface area contributed by atoms with Crippen molar-refractivity contribution in [2.24, 2.45) is 10.9 Å². The molecule has 0 aromatic heterocycles. The number of nitrogens with two attached hydrogens (primary N) is 1. The van der Waals surface area contributed by atoms with E-state index < -0.39 is 0 Å². The van der Waals surface area contributed by atoms with Crippen LogP contribution in [0.4, 0.5) is 5.69 Å². The van der Waals surface area contributed by atoms with E-state index in [1.165, 1.54) is 21.9 Å². The number of nitrogens with one attached hydrogen (secondary N) is 1. The van der Waals surface area contributed by atoms with Crippen LogP contribution in [0, 0.1) is 0 Å². The van der Waals surface area contributed by atoms with E-state index in [4.69, 9.17) is 15.3 Å². The average Bonchev–Trinajstić information content (AvgIpc) is 3.09. The van der Waals surface area contributed by atoms with E-state index in [1.807, 2.05) is 12.1 Å². The third-order valence-electron chi connectivity index (χ3n) is 6.00. The largest absolute Gasteiger partial charge is 0.493 e. The fraction of sp³-hybridized carbons (Fsp3) is 0.261. The van der Waals surface area contributed by atoms with E-state index in [-0.39, 0.29) is 6.04 Å². The number of aryl methyl sites for hydroxylation is 2. The molecule has 1 unspecified atom stereocenters. The molecule has 0 spiro atoms. The Morgan fingerprint density at radius 1 is 0.929 bits per heavy atom. The van der Waals surface area contributed by atoms with Crippen LogP contribution in [0.3, 0.4) is 0 Å². The van der Waals surface area contributed by atoms with Gasteiger partial charge in [0.15, 0.2) is 11.5 Å². The van der Waals surface area contributed by atoms with Crippen molar-refractivity contribution in [1.82, 2.24) is 0 Å². The van der Waals surface area contributed by atoms with E-state index in [0.29, 0.717) is 6.42 Å². The number of benzene rings is 3. The molecule has 1 atom stereocenters. The Morgan fingerprint density at radius 2 is 1.68 bits per heavy atom. The summed E-state index contributed by atoms with van der Waals surface area (Å²) in [6.07, 6.45) is 2.90. The van der Waals surface area contributed by atoms with Gasteiger partial charge in [-0.1, -0.05) is 24.3 Å². The average molecular weight is 373 g/mol. The van der Waals surface area contributed by atoms with Crippen LogP contribution >= 0.6 is 0 Å². The standard InChI is InChI=1S/C23H23N3O2/c1-27-20-10-7-15(11-21(20)28-2)18-12-19(26-24)16-8-5-13-3-4-14-6-9-17(25-18)23(16)22(13)14/h5-11,18,25H,3-4,12,24H2,1-2H3. The molecule has 1 heterocycles. The molecule has 3 N–H and O–H groups in total. The third kappa shape index (κ3) is 2.43. The minimum Gasteiger partial charge on any atom is -0.493 e. The van der Waals surface area contributed by atoms with Gasteiger partial charge in [0.05, 0.1) is 26.0 Å². The molecular weight excluding hydrogens is 350 g/mol. The molecule has 0 saturated carbocycles. The molecule has 0 saturated heterocycles. The van der Waals surface area contributed by atoms with Crippen molar-refractivity contribution < 1.29 is 9.47 Å². The topological polar surface area (TPSA) is 68.9 Å². The highest BCUT2D eigenvalue weighted by molar-refractivity contribution is 6.17. The van der Waals surface area contributed by atoms with Crippen molar-refractivity contribution in [1.29, 1.82) is 0 Å². The summed E-state index contributed by atoms with van der Waals surface area (Å²) >= 11 is 0. The molecule has 0 amide bonds. The lowest BCUT2D eigenvalue weighted by Crippen LogP contribution is -2.14. The maximum atomic E-state index is 5.85. The van der Waals surface area contributed by atoms with Crippen LogP contribution in [0.5, 0.6) is 11.5 Å². The van der Waals surface area contributed by atoms with Gasteiger partial charge in [-0.15, -0.1) is 0 Å². The molecule has 2 aliphatic rings. The summed E-state index contributed by atoms with van der Waals surface area (Å²) in [5.41, 5.74) is 7.13. The fourth-order valence-electron chi connectivity index (χ4n) is 4.62. The van der Waals surface area contributed by atoms with Crippen LogP contribution in [0.2, 0.25) is 0 Å². The number of methoxy groups -OCH3 is 2. The highest BCUT2D eigenvalue weighted by Gasteiger charge is 2.27. The van der Waals surface area contributed by atoms with E-state index in [1.54, 1.807) is 14.2 Å². The summed E-state index contributed by atoms with van der Waals surface area (Å²) in [6, 6.07) is 14.9. The Balaban J connectivity index is 1.67. The van der Waals surface area contributed by atoms with Crippen molar-refractivity contribution in [3.05, 3.63) is 64.7 Å². The van der Waals surface area contributed by atoms with Crippen molar-refractivity contribution in [3.8, 4) is 11.5 Å². The van der Waals surface area contributed by atoms with Gasteiger partial charge in [-0.3, -0.25) is 0 Å². The maximum Gasteiger partial charge on any atom is 0.161 e. The zero-order valence-electron chi connectivity index (χ0n) is 16.1. The molecule has 28 heavy (non-hydrogen) atoms. The molecule has 0 fully saturated rings. The van der Waals surface area contributed by atoms with Crippen LogP contribution < -0.4 is 20.6 Å². The molecule has 5 rings (SSSR count). The first-order chi connectivity index (χ1) is 13.7. The lowest BCUT2D eigenvalue weighted by Gasteiger charge is -2.20. The quantitative estimate of drug-likeness (QED) is 0.534. The third-order valence-corrected chi connectivity index (χ3v) is 6.00. The number of hydrogen-bond acceptors (Lipinski definition) is 5. The molecule has 5 heteroatoms. The van der Waals surface area contributed by atoms with E-state index in [9.17, 15) is 0 Å². The number of anilines is 1. The molecule has 3 aromatic carbocycles. The van der Waals surface area contributed by atoms with E-state index in [0.717, 1.165) is 46.9 Å². The fourth-order valence-corrected chi connectivity index (χ4v) is 4.62. The first-order valence-electron chi connectivity index (χ1n) is 9.56. The Morgan fingerprint density at radius 3 is 2.39 bits per heavy atom. The van der Waals surface area contributed by atoms with Gasteiger partial charge in [-0.25, -0.2) is 0 Å². The van der Waals surface area contributed by atoms with Gasteiger partial charge in [-0.05, 0) is 53.1 Å². The lowest BCUT2D eigenvalue weighted by molar-refractivity contribution is 0.354. The summed E-state index contributed by atoms with van der Waals surface area (Å²) in [5, 5.41) is 10.5. The number of rotatable bonds is 3. The van der Waals surface area contributed by atoms with Gasteiger partial charge >= 0.3 is 0 Å². The van der Waals surface area contributed by atoms with Crippen LogP contribution in [-0.4, -0.2) is 19.9 Å². The molecule has 0 bridgehead atoms. The summed E-state index contributed by atoms with van der Waals surface area (Å²) < 4.78 is 10.9. The molecule has 0 radical (unpaired) electrons. The van der Waals surface area contributed by atoms with Gasteiger partial charge in [0.2, 0.25) is 0 Å². The Bertz CT molecular complexity index is 1110. The number of hydrogen-bond donors (Lipinski definition) is 2. The first kappa shape index (κ1) is 16.9. The highest BCUT2D eigenvalue weighted by Crippen LogP contribution is 2.42. The number of nitrogens with zero attached hydrogens (tertiary/aromatic N) is 1. The zero-order valence-corrected chi connectivity index (χ0v) is 16.1. The van der Waals surface area contributed by atoms with Crippen molar-refractivity contribution in [2.75, 3.05) is 19.5 Å². The summed E-state index contributed by atoms with van der Waals surface area (Å²) in [6.45, 7) is 0. The Kier molecular flexibility index (Phi) is 3.90. The minimum atomic E-state index is 0.0350. The summed E-state index contributed by atoms with van der Waals surface area (Å²) in [4.78, 5) is 0. The van der Waals surface area contributed by atoms with Crippen LogP contribution in [0.1, 0.15) is 34.7 Å². The second-order valence-corrected chi connectivity index (χ2v) is 7.39. The second-order valence-electron chi connectivity index (χ2n) is 7.39. The predicted octanol–water partition coefficient (Wildman–Crippen LogP) is 4.18. The molecule has 5 nitrogen and oxygen atoms in total. The van der Waals surface area contributed by atoms with Gasteiger partial charge in [0.25, 0.3) is 0 Å². The van der Waals surface area contributed by atoms with E-state index in [2.05, 4.69) is 40.8 Å². The minimum absolute atomic E-state index is 0.0350. The highest BCUT2D eigenvalue weighted by atomic mass is 16.5. The normalized spacial score (nSPS) is 18.8. The second kappa shape index (κ2) is 6.44. The van der Waals surface area contributed by atoms with Crippen molar-refractivity contribution in [2.45, 2.75) is 25.3 Å².